The number of hydrogen-bond donors (Lipinski definition) is 0. The highest BCUT2D eigenvalue weighted by Gasteiger charge is 2.29. The summed E-state index contributed by atoms with van der Waals surface area (Å²) in [6.45, 7) is 10.7. The average Bonchev–Trinajstić information content (AvgIpc) is 3.46. The average molecular weight is 537 g/mol. The number of hydrogen-bond acceptors (Lipinski definition) is 8. The van der Waals surface area contributed by atoms with E-state index in [1.165, 1.54) is 12.2 Å². The molecule has 0 radical (unpaired) electrons. The Hall–Kier alpha value is -4.72. The molecule has 0 atom stereocenters. The molecule has 2 heterocycles. The van der Waals surface area contributed by atoms with Gasteiger partial charge in [0.15, 0.2) is 0 Å². The zero-order chi connectivity index (χ0) is 28.6. The van der Waals surface area contributed by atoms with Crippen molar-refractivity contribution in [1.82, 2.24) is 0 Å². The Kier molecular flexibility index (Phi) is 7.26. The van der Waals surface area contributed by atoms with Crippen LogP contribution in [-0.4, -0.2) is 26.2 Å². The van der Waals surface area contributed by atoms with Gasteiger partial charge >= 0.3 is 0 Å². The largest absolute Gasteiger partial charge is 0.326 e. The van der Waals surface area contributed by atoms with Gasteiger partial charge in [0.25, 0.3) is 0 Å². The molecule has 0 bridgehead atoms. The Bertz CT molecular complexity index is 1610. The third-order valence-corrected chi connectivity index (χ3v) is 7.49. The number of allylic oxidation sites excluding steroid dienone is 2. The summed E-state index contributed by atoms with van der Waals surface area (Å²) in [5.41, 5.74) is 0.173. The Morgan fingerprint density at radius 3 is 0.925 bits per heavy atom. The van der Waals surface area contributed by atoms with Crippen LogP contribution in [0.1, 0.15) is 27.7 Å². The fourth-order valence-electron chi connectivity index (χ4n) is 5.63. The molecule has 8 nitrogen and oxygen atoms in total. The molecule has 0 N–H and O–H groups in total. The fourth-order valence-corrected chi connectivity index (χ4v) is 5.63. The van der Waals surface area contributed by atoms with E-state index in [-0.39, 0.29) is 0 Å². The van der Waals surface area contributed by atoms with Crippen LogP contribution in [0.4, 0.5) is 22.7 Å². The number of para-hydroxylation sites is 4. The highest BCUT2D eigenvalue weighted by molar-refractivity contribution is 5.84. The van der Waals surface area contributed by atoms with E-state index in [1.807, 2.05) is 76.2 Å². The molecule has 0 spiro atoms. The lowest BCUT2D eigenvalue weighted by Crippen LogP contribution is -2.64. The summed E-state index contributed by atoms with van der Waals surface area (Å²) in [7, 11) is 0. The maximum absolute atomic E-state index is 13.1. The van der Waals surface area contributed by atoms with Crippen molar-refractivity contribution < 1.29 is 0 Å². The van der Waals surface area contributed by atoms with E-state index in [2.05, 4.69) is 19.6 Å². The van der Waals surface area contributed by atoms with Crippen LogP contribution in [0.5, 0.6) is 0 Å². The molecule has 3 aromatic carbocycles. The van der Waals surface area contributed by atoms with Crippen molar-refractivity contribution in [1.29, 1.82) is 0 Å². The molecule has 5 rings (SSSR count). The molecule has 8 heteroatoms. The molecule has 0 saturated heterocycles. The first kappa shape index (κ1) is 26.9. The Morgan fingerprint density at radius 1 is 0.450 bits per heavy atom. The van der Waals surface area contributed by atoms with E-state index >= 15 is 0 Å². The van der Waals surface area contributed by atoms with Crippen LogP contribution in [0.2, 0.25) is 0 Å². The first-order chi connectivity index (χ1) is 19.4. The lowest BCUT2D eigenvalue weighted by atomic mass is 10.2. The van der Waals surface area contributed by atoms with Crippen molar-refractivity contribution >= 4 is 34.9 Å². The topological polar surface area (TPSA) is 81.2 Å². The smallest absolute Gasteiger partial charge is 0.237 e. The Balaban J connectivity index is 1.63. The summed E-state index contributed by atoms with van der Waals surface area (Å²) >= 11 is 0. The molecule has 0 amide bonds. The van der Waals surface area contributed by atoms with Crippen LogP contribution in [0, 0.1) is 0 Å². The van der Waals surface area contributed by atoms with Crippen molar-refractivity contribution in [2.75, 3.05) is 45.8 Å². The van der Waals surface area contributed by atoms with Crippen molar-refractivity contribution in [3.05, 3.63) is 124 Å². The van der Waals surface area contributed by atoms with Gasteiger partial charge in [0.2, 0.25) is 21.7 Å². The van der Waals surface area contributed by atoms with Gasteiger partial charge in [-0.15, -0.1) is 0 Å². The van der Waals surface area contributed by atoms with Gasteiger partial charge in [0.05, 0.1) is 33.2 Å². The first-order valence-corrected chi connectivity index (χ1v) is 13.7. The molecule has 2 aliphatic heterocycles. The van der Waals surface area contributed by atoms with Crippen LogP contribution < -0.4 is 51.8 Å². The van der Waals surface area contributed by atoms with Gasteiger partial charge in [-0.05, 0) is 76.3 Å². The number of anilines is 4. The van der Waals surface area contributed by atoms with Crippen molar-refractivity contribution in [3.63, 3.8) is 0 Å². The molecule has 0 aliphatic carbocycles. The standard InChI is InChI=1S/C32H32N4O4/c1-5-33-23-13-9-10-14-24(23)34(6-2)27(33)19-17-21-29(37)31(39)22(32(40)30(21)38)18-20-28-35(7-3)25-15-11-12-16-26(25)36(28)8-4/h9-20H,5-8H2,1-4H3. The van der Waals surface area contributed by atoms with Gasteiger partial charge in [-0.3, -0.25) is 19.2 Å². The quantitative estimate of drug-likeness (QED) is 0.443. The minimum atomic E-state index is -0.970. The summed E-state index contributed by atoms with van der Waals surface area (Å²) in [5, 5.41) is -0.817. The van der Waals surface area contributed by atoms with Gasteiger partial charge in [-0.2, -0.15) is 0 Å². The second-order valence-corrected chi connectivity index (χ2v) is 9.48. The van der Waals surface area contributed by atoms with Gasteiger partial charge in [-0.1, -0.05) is 24.3 Å². The van der Waals surface area contributed by atoms with Crippen LogP contribution in [-0.2, 0) is 0 Å². The van der Waals surface area contributed by atoms with Gasteiger partial charge < -0.3 is 19.6 Å². The number of benzene rings is 3. The molecule has 2 aliphatic rings. The minimum absolute atomic E-state index is 0.408. The molecular formula is C32H32N4O4. The molecule has 0 fully saturated rings. The second-order valence-electron chi connectivity index (χ2n) is 9.48. The van der Waals surface area contributed by atoms with E-state index in [1.54, 1.807) is 12.2 Å². The van der Waals surface area contributed by atoms with Crippen LogP contribution in [0.25, 0.3) is 12.2 Å². The summed E-state index contributed by atoms with van der Waals surface area (Å²) < 4.78 is 0. The number of fused-ring (bicyclic) bond motifs is 2. The first-order valence-electron chi connectivity index (χ1n) is 13.7. The SMILES string of the molecule is CCN1C(=CC=c2c(=O)c(=O)c(=CC=C3N(CC)c4ccccc4N3CC)c(=O)c2=O)N(CC)c2ccccc21. The molecule has 0 saturated carbocycles. The summed E-state index contributed by atoms with van der Waals surface area (Å²) in [4.78, 5) is 60.7. The van der Waals surface area contributed by atoms with E-state index in [9.17, 15) is 19.2 Å². The summed E-state index contributed by atoms with van der Waals surface area (Å²) in [6.07, 6.45) is 5.91. The van der Waals surface area contributed by atoms with Crippen LogP contribution in [0.3, 0.4) is 0 Å². The third-order valence-electron chi connectivity index (χ3n) is 7.49. The zero-order valence-corrected chi connectivity index (χ0v) is 23.2. The predicted octanol–water partition coefficient (Wildman–Crippen LogP) is 1.98. The monoisotopic (exact) mass is 536 g/mol. The lowest BCUT2D eigenvalue weighted by Gasteiger charge is -2.23. The normalized spacial score (nSPS) is 14.0. The van der Waals surface area contributed by atoms with Crippen molar-refractivity contribution in [2.24, 2.45) is 0 Å². The Morgan fingerprint density at radius 2 is 0.700 bits per heavy atom. The number of rotatable bonds is 6. The third kappa shape index (κ3) is 4.16. The van der Waals surface area contributed by atoms with E-state index in [0.717, 1.165) is 34.4 Å². The van der Waals surface area contributed by atoms with Gasteiger partial charge in [0, 0.05) is 26.2 Å². The van der Waals surface area contributed by atoms with Crippen molar-refractivity contribution in [2.45, 2.75) is 27.7 Å². The maximum atomic E-state index is 13.1. The lowest BCUT2D eigenvalue weighted by molar-refractivity contribution is 0.900. The maximum Gasteiger partial charge on any atom is 0.237 e. The molecular weight excluding hydrogens is 504 g/mol. The van der Waals surface area contributed by atoms with Gasteiger partial charge in [0.1, 0.15) is 11.6 Å². The second kappa shape index (κ2) is 10.8. The summed E-state index contributed by atoms with van der Waals surface area (Å²) in [5.74, 6) is 1.54. The van der Waals surface area contributed by atoms with E-state index in [0.29, 0.717) is 26.2 Å². The van der Waals surface area contributed by atoms with E-state index < -0.39 is 32.2 Å². The molecule has 3 aromatic rings. The zero-order valence-electron chi connectivity index (χ0n) is 23.2. The van der Waals surface area contributed by atoms with E-state index in [4.69, 9.17) is 0 Å². The Labute approximate surface area is 232 Å². The fraction of sp³-hybridized carbons (Fsp3) is 0.250. The highest BCUT2D eigenvalue weighted by Crippen LogP contribution is 2.41. The molecule has 40 heavy (non-hydrogen) atoms. The highest BCUT2D eigenvalue weighted by atomic mass is 16.2. The van der Waals surface area contributed by atoms with Crippen molar-refractivity contribution in [3.8, 4) is 0 Å². The molecule has 204 valence electrons. The summed E-state index contributed by atoms with van der Waals surface area (Å²) in [6, 6.07) is 15.8. The van der Waals surface area contributed by atoms with Crippen LogP contribution >= 0.6 is 0 Å². The minimum Gasteiger partial charge on any atom is -0.326 e. The molecule has 0 unspecified atom stereocenters. The predicted molar refractivity (Wildman–Crippen MR) is 163 cm³/mol. The van der Waals surface area contributed by atoms with Crippen LogP contribution in [0.15, 0.2) is 91.5 Å². The number of nitrogens with zero attached hydrogens (tertiary/aromatic N) is 4. The van der Waals surface area contributed by atoms with Gasteiger partial charge in [-0.25, -0.2) is 0 Å². The molecule has 0 aromatic heterocycles.